The standard InChI is InChI=1S/C11H20N2O/c1-8(2)9(7-12)10(14)13(6)11(3,4)5/h8-9H,1-6H3. The molecule has 0 N–H and O–H groups in total. The van der Waals surface area contributed by atoms with E-state index >= 15 is 0 Å². The smallest absolute Gasteiger partial charge is 0.240 e. The molecule has 0 radical (unpaired) electrons. The van der Waals surface area contributed by atoms with Gasteiger partial charge in [-0.1, -0.05) is 13.8 Å². The fourth-order valence-corrected chi connectivity index (χ4v) is 1.03. The molecule has 0 aromatic rings. The summed E-state index contributed by atoms with van der Waals surface area (Å²) < 4.78 is 0. The van der Waals surface area contributed by atoms with Gasteiger partial charge in [-0.05, 0) is 26.7 Å². The van der Waals surface area contributed by atoms with Gasteiger partial charge in [-0.15, -0.1) is 0 Å². The van der Waals surface area contributed by atoms with Crippen molar-refractivity contribution in [2.24, 2.45) is 11.8 Å². The lowest BCUT2D eigenvalue weighted by molar-refractivity contribution is -0.137. The van der Waals surface area contributed by atoms with E-state index in [9.17, 15) is 4.79 Å². The van der Waals surface area contributed by atoms with Crippen LogP contribution in [0.4, 0.5) is 0 Å². The van der Waals surface area contributed by atoms with Crippen molar-refractivity contribution in [2.75, 3.05) is 7.05 Å². The van der Waals surface area contributed by atoms with E-state index in [4.69, 9.17) is 5.26 Å². The Hall–Kier alpha value is -1.04. The first-order chi connectivity index (χ1) is 6.21. The predicted octanol–water partition coefficient (Wildman–Crippen LogP) is 2.04. The van der Waals surface area contributed by atoms with E-state index in [0.717, 1.165) is 0 Å². The van der Waals surface area contributed by atoms with E-state index < -0.39 is 5.92 Å². The highest BCUT2D eigenvalue weighted by Crippen LogP contribution is 2.18. The van der Waals surface area contributed by atoms with Crippen LogP contribution in [0.1, 0.15) is 34.6 Å². The number of carbonyl (C=O) groups is 1. The lowest BCUT2D eigenvalue weighted by atomic mass is 9.94. The van der Waals surface area contributed by atoms with Crippen molar-refractivity contribution in [1.82, 2.24) is 4.90 Å². The van der Waals surface area contributed by atoms with Crippen LogP contribution in [0.2, 0.25) is 0 Å². The SMILES string of the molecule is CC(C)C(C#N)C(=O)N(C)C(C)(C)C. The topological polar surface area (TPSA) is 44.1 Å². The monoisotopic (exact) mass is 196 g/mol. The minimum Gasteiger partial charge on any atom is -0.340 e. The van der Waals surface area contributed by atoms with Crippen molar-refractivity contribution in [3.63, 3.8) is 0 Å². The molecule has 0 rings (SSSR count). The summed E-state index contributed by atoms with van der Waals surface area (Å²) in [5, 5.41) is 8.88. The van der Waals surface area contributed by atoms with Crippen molar-refractivity contribution in [3.8, 4) is 6.07 Å². The first-order valence-electron chi connectivity index (χ1n) is 4.89. The molecule has 0 saturated carbocycles. The molecule has 1 unspecified atom stereocenters. The fourth-order valence-electron chi connectivity index (χ4n) is 1.03. The van der Waals surface area contributed by atoms with E-state index in [1.54, 1.807) is 11.9 Å². The quantitative estimate of drug-likeness (QED) is 0.678. The second kappa shape index (κ2) is 4.45. The fraction of sp³-hybridized carbons (Fsp3) is 0.818. The first kappa shape index (κ1) is 13.0. The maximum absolute atomic E-state index is 11.9. The molecule has 14 heavy (non-hydrogen) atoms. The molecule has 3 nitrogen and oxygen atoms in total. The van der Waals surface area contributed by atoms with Crippen LogP contribution in [0, 0.1) is 23.2 Å². The molecule has 0 heterocycles. The third-order valence-corrected chi connectivity index (χ3v) is 2.41. The molecule has 0 aromatic heterocycles. The minimum atomic E-state index is -0.528. The molecule has 0 bridgehead atoms. The van der Waals surface area contributed by atoms with E-state index in [-0.39, 0.29) is 17.4 Å². The zero-order valence-corrected chi connectivity index (χ0v) is 9.96. The average Bonchev–Trinajstić information content (AvgIpc) is 2.01. The van der Waals surface area contributed by atoms with Gasteiger partial charge in [0.25, 0.3) is 0 Å². The molecule has 0 saturated heterocycles. The number of hydrogen-bond acceptors (Lipinski definition) is 2. The molecule has 1 amide bonds. The number of carbonyl (C=O) groups excluding carboxylic acids is 1. The number of hydrogen-bond donors (Lipinski definition) is 0. The molecule has 1 atom stereocenters. The van der Waals surface area contributed by atoms with E-state index in [0.29, 0.717) is 0 Å². The highest BCUT2D eigenvalue weighted by atomic mass is 16.2. The highest BCUT2D eigenvalue weighted by molar-refractivity contribution is 5.81. The summed E-state index contributed by atoms with van der Waals surface area (Å²) in [5.41, 5.74) is -0.221. The lowest BCUT2D eigenvalue weighted by Gasteiger charge is -2.34. The predicted molar refractivity (Wildman–Crippen MR) is 56.5 cm³/mol. The Bertz CT molecular complexity index is 245. The van der Waals surface area contributed by atoms with Gasteiger partial charge in [-0.2, -0.15) is 5.26 Å². The first-order valence-corrected chi connectivity index (χ1v) is 4.89. The van der Waals surface area contributed by atoms with Gasteiger partial charge in [0.15, 0.2) is 0 Å². The van der Waals surface area contributed by atoms with Gasteiger partial charge in [0.05, 0.1) is 6.07 Å². The van der Waals surface area contributed by atoms with E-state index in [1.807, 2.05) is 34.6 Å². The third-order valence-electron chi connectivity index (χ3n) is 2.41. The molecule has 0 aliphatic heterocycles. The normalized spacial score (nSPS) is 13.6. The number of nitrogens with zero attached hydrogens (tertiary/aromatic N) is 2. The molecule has 0 fully saturated rings. The maximum Gasteiger partial charge on any atom is 0.240 e. The van der Waals surface area contributed by atoms with Gasteiger partial charge in [-0.3, -0.25) is 4.79 Å². The van der Waals surface area contributed by atoms with Crippen molar-refractivity contribution in [2.45, 2.75) is 40.2 Å². The Balaban J connectivity index is 4.71. The lowest BCUT2D eigenvalue weighted by Crippen LogP contribution is -2.46. The summed E-state index contributed by atoms with van der Waals surface area (Å²) in [6.07, 6.45) is 0. The maximum atomic E-state index is 11.9. The van der Waals surface area contributed by atoms with Crippen LogP contribution >= 0.6 is 0 Å². The van der Waals surface area contributed by atoms with E-state index in [2.05, 4.69) is 6.07 Å². The van der Waals surface area contributed by atoms with Crippen LogP contribution in [-0.4, -0.2) is 23.4 Å². The summed E-state index contributed by atoms with van der Waals surface area (Å²) >= 11 is 0. The Morgan fingerprint density at radius 1 is 1.36 bits per heavy atom. The molecule has 0 spiro atoms. The van der Waals surface area contributed by atoms with Gasteiger partial charge in [-0.25, -0.2) is 0 Å². The van der Waals surface area contributed by atoms with Crippen LogP contribution < -0.4 is 0 Å². The average molecular weight is 196 g/mol. The van der Waals surface area contributed by atoms with Crippen LogP contribution in [-0.2, 0) is 4.79 Å². The van der Waals surface area contributed by atoms with Gasteiger partial charge in [0.2, 0.25) is 5.91 Å². The van der Waals surface area contributed by atoms with Crippen molar-refractivity contribution in [1.29, 1.82) is 5.26 Å². The van der Waals surface area contributed by atoms with Crippen LogP contribution in [0.15, 0.2) is 0 Å². The van der Waals surface area contributed by atoms with Gasteiger partial charge < -0.3 is 4.90 Å². The number of rotatable bonds is 2. The van der Waals surface area contributed by atoms with Crippen molar-refractivity contribution < 1.29 is 4.79 Å². The molecule has 0 aliphatic rings. The largest absolute Gasteiger partial charge is 0.340 e. The van der Waals surface area contributed by atoms with E-state index in [1.165, 1.54) is 0 Å². The second-order valence-corrected chi connectivity index (χ2v) is 4.92. The van der Waals surface area contributed by atoms with Gasteiger partial charge in [0.1, 0.15) is 5.92 Å². The Morgan fingerprint density at radius 2 is 1.79 bits per heavy atom. The van der Waals surface area contributed by atoms with Gasteiger partial charge in [0, 0.05) is 12.6 Å². The summed E-state index contributed by atoms with van der Waals surface area (Å²) in [4.78, 5) is 13.5. The Morgan fingerprint density at radius 3 is 2.00 bits per heavy atom. The second-order valence-electron chi connectivity index (χ2n) is 4.92. The molecule has 80 valence electrons. The highest BCUT2D eigenvalue weighted by Gasteiger charge is 2.30. The van der Waals surface area contributed by atoms with Crippen LogP contribution in [0.25, 0.3) is 0 Å². The molecular weight excluding hydrogens is 176 g/mol. The Labute approximate surface area is 86.7 Å². The Kier molecular flexibility index (Phi) is 4.12. The van der Waals surface area contributed by atoms with Crippen LogP contribution in [0.5, 0.6) is 0 Å². The zero-order valence-electron chi connectivity index (χ0n) is 9.96. The third kappa shape index (κ3) is 3.02. The molecular formula is C11H20N2O. The molecule has 3 heteroatoms. The van der Waals surface area contributed by atoms with Crippen molar-refractivity contribution in [3.05, 3.63) is 0 Å². The number of nitriles is 1. The summed E-state index contributed by atoms with van der Waals surface area (Å²) in [6.45, 7) is 9.66. The van der Waals surface area contributed by atoms with Crippen molar-refractivity contribution >= 4 is 5.91 Å². The summed E-state index contributed by atoms with van der Waals surface area (Å²) in [6, 6.07) is 2.06. The summed E-state index contributed by atoms with van der Waals surface area (Å²) in [5.74, 6) is -0.550. The van der Waals surface area contributed by atoms with Crippen LogP contribution in [0.3, 0.4) is 0 Å². The van der Waals surface area contributed by atoms with Gasteiger partial charge >= 0.3 is 0 Å². The minimum absolute atomic E-state index is 0.0669. The summed E-state index contributed by atoms with van der Waals surface area (Å²) in [7, 11) is 1.75. The number of amides is 1. The molecule has 0 aromatic carbocycles. The molecule has 0 aliphatic carbocycles. The zero-order chi connectivity index (χ0) is 11.5.